The quantitative estimate of drug-likeness (QED) is 0.362. The molecule has 19 heavy (non-hydrogen) atoms. The third-order valence-corrected chi connectivity index (χ3v) is 3.02. The van der Waals surface area contributed by atoms with Gasteiger partial charge in [-0.25, -0.2) is 9.97 Å². The Morgan fingerprint density at radius 1 is 1.05 bits per heavy atom. The van der Waals surface area contributed by atoms with Crippen molar-refractivity contribution in [1.82, 2.24) is 9.97 Å². The maximum Gasteiger partial charge on any atom is 0.321 e. The van der Waals surface area contributed by atoms with Gasteiger partial charge in [0.2, 0.25) is 5.28 Å². The smallest absolute Gasteiger partial charge is 0.258 e. The third kappa shape index (κ3) is 2.25. The van der Waals surface area contributed by atoms with Crippen LogP contribution in [0.4, 0.5) is 11.4 Å². The van der Waals surface area contributed by atoms with E-state index in [0.29, 0.717) is 0 Å². The molecule has 0 aliphatic carbocycles. The summed E-state index contributed by atoms with van der Waals surface area (Å²) in [6.45, 7) is 0. The Labute approximate surface area is 119 Å². The third-order valence-electron chi connectivity index (χ3n) is 2.19. The lowest BCUT2D eigenvalue weighted by atomic mass is 10.2. The number of fused-ring (bicyclic) bond motifs is 1. The predicted octanol–water partition coefficient (Wildman–Crippen LogP) is 3.41. The second kappa shape index (κ2) is 4.72. The highest BCUT2D eigenvalue weighted by Gasteiger charge is 2.30. The summed E-state index contributed by atoms with van der Waals surface area (Å²) in [5.41, 5.74) is -1.66. The molecule has 8 nitrogen and oxygen atoms in total. The van der Waals surface area contributed by atoms with Gasteiger partial charge in [0.05, 0.1) is 15.2 Å². The number of nitro benzene ring substituents is 2. The number of nitro groups is 2. The van der Waals surface area contributed by atoms with Gasteiger partial charge in [-0.1, -0.05) is 23.2 Å². The molecule has 0 aliphatic heterocycles. The fraction of sp³-hybridized carbons (Fsp3) is 0. The highest BCUT2D eigenvalue weighted by molar-refractivity contribution is 6.39. The molecule has 1 aromatic heterocycles. The van der Waals surface area contributed by atoms with Crippen LogP contribution in [-0.2, 0) is 0 Å². The summed E-state index contributed by atoms with van der Waals surface area (Å²) in [5, 5.41) is 20.5. The van der Waals surface area contributed by atoms with E-state index in [1.807, 2.05) is 0 Å². The molecule has 0 saturated heterocycles. The molecule has 0 N–H and O–H groups in total. The monoisotopic (exact) mass is 322 g/mol. The van der Waals surface area contributed by atoms with Crippen molar-refractivity contribution in [3.05, 3.63) is 41.8 Å². The molecular weight excluding hydrogens is 322 g/mol. The fourth-order valence-corrected chi connectivity index (χ4v) is 2.17. The minimum atomic E-state index is -0.892. The summed E-state index contributed by atoms with van der Waals surface area (Å²) >= 11 is 16.9. The molecule has 0 radical (unpaired) electrons. The number of halogens is 3. The lowest BCUT2D eigenvalue weighted by Gasteiger charge is -2.03. The average Bonchev–Trinajstić information content (AvgIpc) is 2.26. The zero-order chi connectivity index (χ0) is 14.3. The second-order valence-corrected chi connectivity index (χ2v) is 4.33. The van der Waals surface area contributed by atoms with Gasteiger partial charge in [-0.3, -0.25) is 20.2 Å². The minimum Gasteiger partial charge on any atom is -0.258 e. The maximum atomic E-state index is 11.0. The summed E-state index contributed by atoms with van der Waals surface area (Å²) in [6.07, 6.45) is 0. The number of benzene rings is 1. The minimum absolute atomic E-state index is 0.0751. The van der Waals surface area contributed by atoms with Crippen LogP contribution in [0.15, 0.2) is 6.07 Å². The van der Waals surface area contributed by atoms with Crippen molar-refractivity contribution < 1.29 is 9.85 Å². The van der Waals surface area contributed by atoms with Crippen LogP contribution in [0.2, 0.25) is 15.5 Å². The van der Waals surface area contributed by atoms with Crippen LogP contribution >= 0.6 is 34.8 Å². The van der Waals surface area contributed by atoms with E-state index in [2.05, 4.69) is 9.97 Å². The van der Waals surface area contributed by atoms with Gasteiger partial charge in [0, 0.05) is 6.07 Å². The molecular formula is C8HCl3N4O4. The number of hydrogen-bond acceptors (Lipinski definition) is 6. The first-order valence-corrected chi connectivity index (χ1v) is 5.60. The molecule has 1 aromatic carbocycles. The zero-order valence-electron chi connectivity index (χ0n) is 8.63. The topological polar surface area (TPSA) is 112 Å². The second-order valence-electron chi connectivity index (χ2n) is 3.25. The maximum absolute atomic E-state index is 11.0. The van der Waals surface area contributed by atoms with E-state index in [-0.39, 0.29) is 21.3 Å². The lowest BCUT2D eigenvalue weighted by Crippen LogP contribution is -1.99. The zero-order valence-corrected chi connectivity index (χ0v) is 10.9. The van der Waals surface area contributed by atoms with Gasteiger partial charge >= 0.3 is 5.69 Å². The van der Waals surface area contributed by atoms with Gasteiger partial charge in [0.25, 0.3) is 5.69 Å². The molecule has 0 saturated carbocycles. The van der Waals surface area contributed by atoms with Gasteiger partial charge in [-0.15, -0.1) is 0 Å². The van der Waals surface area contributed by atoms with Crippen molar-refractivity contribution in [2.45, 2.75) is 0 Å². The normalized spacial score (nSPS) is 10.7. The SMILES string of the molecule is O=[N+]([O-])c1cc2c(Cl)nc(Cl)nc2c([N+](=O)[O-])c1Cl. The van der Waals surface area contributed by atoms with Crippen LogP contribution < -0.4 is 0 Å². The summed E-state index contributed by atoms with van der Waals surface area (Å²) in [4.78, 5) is 27.2. The van der Waals surface area contributed by atoms with Crippen LogP contribution in [0, 0.1) is 20.2 Å². The summed E-state index contributed by atoms with van der Waals surface area (Å²) in [6, 6.07) is 0.962. The molecule has 0 unspecified atom stereocenters. The van der Waals surface area contributed by atoms with E-state index < -0.39 is 26.2 Å². The van der Waals surface area contributed by atoms with Crippen molar-refractivity contribution in [2.75, 3.05) is 0 Å². The molecule has 0 amide bonds. The Hall–Kier alpha value is -1.77. The largest absolute Gasteiger partial charge is 0.321 e. The summed E-state index contributed by atoms with van der Waals surface area (Å²) in [5.74, 6) is 0. The van der Waals surface area contributed by atoms with Gasteiger partial charge in [-0.05, 0) is 11.6 Å². The Bertz CT molecular complexity index is 736. The predicted molar refractivity (Wildman–Crippen MR) is 67.9 cm³/mol. The van der Waals surface area contributed by atoms with Crippen LogP contribution in [0.3, 0.4) is 0 Å². The number of hydrogen-bond donors (Lipinski definition) is 0. The molecule has 0 atom stereocenters. The van der Waals surface area contributed by atoms with Crippen LogP contribution in [0.5, 0.6) is 0 Å². The summed E-state index contributed by atoms with van der Waals surface area (Å²) < 4.78 is 0. The van der Waals surface area contributed by atoms with Crippen molar-refractivity contribution in [3.8, 4) is 0 Å². The Kier molecular flexibility index (Phi) is 3.40. The number of aromatic nitrogens is 2. The standard InChI is InChI=1S/C8HCl3N4O4/c9-4-3(14(16)17)1-2-5(6(4)15(18)19)12-8(11)13-7(2)10/h1H. The number of nitrogens with zero attached hydrogens (tertiary/aromatic N) is 4. The van der Waals surface area contributed by atoms with Gasteiger partial charge in [-0.2, -0.15) is 0 Å². The molecule has 0 fully saturated rings. The Balaban J connectivity index is 3.05. The lowest BCUT2D eigenvalue weighted by molar-refractivity contribution is -0.392. The van der Waals surface area contributed by atoms with Crippen molar-refractivity contribution in [2.24, 2.45) is 0 Å². The van der Waals surface area contributed by atoms with Crippen molar-refractivity contribution in [1.29, 1.82) is 0 Å². The molecule has 2 rings (SSSR count). The Morgan fingerprint density at radius 3 is 2.21 bits per heavy atom. The van der Waals surface area contributed by atoms with E-state index in [1.54, 1.807) is 0 Å². The van der Waals surface area contributed by atoms with Crippen LogP contribution in [0.25, 0.3) is 10.9 Å². The van der Waals surface area contributed by atoms with Crippen LogP contribution in [-0.4, -0.2) is 19.8 Å². The molecule has 11 heteroatoms. The summed E-state index contributed by atoms with van der Waals surface area (Å²) in [7, 11) is 0. The first-order valence-electron chi connectivity index (χ1n) is 4.47. The van der Waals surface area contributed by atoms with E-state index >= 15 is 0 Å². The first-order chi connectivity index (χ1) is 8.82. The molecule has 0 aliphatic rings. The molecule has 98 valence electrons. The fourth-order valence-electron chi connectivity index (χ4n) is 1.45. The molecule has 2 aromatic rings. The highest BCUT2D eigenvalue weighted by atomic mass is 35.5. The molecule has 1 heterocycles. The van der Waals surface area contributed by atoms with E-state index in [1.165, 1.54) is 0 Å². The molecule has 0 spiro atoms. The average molecular weight is 323 g/mol. The number of rotatable bonds is 2. The van der Waals surface area contributed by atoms with Gasteiger partial charge < -0.3 is 0 Å². The van der Waals surface area contributed by atoms with E-state index in [9.17, 15) is 20.2 Å². The Morgan fingerprint density at radius 2 is 1.68 bits per heavy atom. The van der Waals surface area contributed by atoms with E-state index in [4.69, 9.17) is 34.8 Å². The molecule has 0 bridgehead atoms. The van der Waals surface area contributed by atoms with Crippen molar-refractivity contribution in [3.63, 3.8) is 0 Å². The van der Waals surface area contributed by atoms with Gasteiger partial charge in [0.1, 0.15) is 5.15 Å². The first kappa shape index (κ1) is 13.7. The van der Waals surface area contributed by atoms with Gasteiger partial charge in [0.15, 0.2) is 10.5 Å². The van der Waals surface area contributed by atoms with E-state index in [0.717, 1.165) is 6.07 Å². The van der Waals surface area contributed by atoms with Crippen molar-refractivity contribution >= 4 is 57.1 Å². The highest BCUT2D eigenvalue weighted by Crippen LogP contribution is 2.41. The van der Waals surface area contributed by atoms with Crippen LogP contribution in [0.1, 0.15) is 0 Å².